The van der Waals surface area contributed by atoms with E-state index in [1.54, 1.807) is 0 Å². The summed E-state index contributed by atoms with van der Waals surface area (Å²) in [5, 5.41) is 9.85. The lowest BCUT2D eigenvalue weighted by Gasteiger charge is -2.30. The number of hydrogen-bond acceptors (Lipinski definition) is 5. The van der Waals surface area contributed by atoms with Gasteiger partial charge in [0, 0.05) is 37.6 Å². The van der Waals surface area contributed by atoms with Gasteiger partial charge in [-0.2, -0.15) is 5.10 Å². The van der Waals surface area contributed by atoms with Crippen molar-refractivity contribution in [3.05, 3.63) is 36.7 Å². The Balaban J connectivity index is 1.71. The topological polar surface area (TPSA) is 34.1 Å². The number of hydrogen-bond donors (Lipinski definition) is 1. The summed E-state index contributed by atoms with van der Waals surface area (Å²) in [5.41, 5.74) is 2.39. The smallest absolute Gasteiger partial charge is 0.128 e. The molecule has 5 nitrogen and oxygen atoms in total. The third kappa shape index (κ3) is 2.81. The molecule has 1 unspecified atom stereocenters. The zero-order valence-electron chi connectivity index (χ0n) is 13.5. The van der Waals surface area contributed by atoms with Crippen molar-refractivity contribution in [3.8, 4) is 0 Å². The van der Waals surface area contributed by atoms with E-state index in [9.17, 15) is 0 Å². The third-order valence-corrected chi connectivity index (χ3v) is 4.45. The average molecular weight is 299 g/mol. The summed E-state index contributed by atoms with van der Waals surface area (Å²) in [4.78, 5) is 4.46. The number of piperazine rings is 1. The summed E-state index contributed by atoms with van der Waals surface area (Å²) < 4.78 is 0. The van der Waals surface area contributed by atoms with Gasteiger partial charge in [-0.15, -0.1) is 0 Å². The molecule has 118 valence electrons. The van der Waals surface area contributed by atoms with Crippen molar-refractivity contribution in [1.29, 1.82) is 0 Å². The molecule has 0 amide bonds. The SMILES string of the molecule is C=C1N(c2ccc(N3CCNCC3)cc2)C=NN1C(C)CC. The molecule has 0 aliphatic carbocycles. The molecule has 2 heterocycles. The maximum Gasteiger partial charge on any atom is 0.128 e. The van der Waals surface area contributed by atoms with Gasteiger partial charge in [-0.05, 0) is 37.6 Å². The molecule has 0 bridgehead atoms. The van der Waals surface area contributed by atoms with Gasteiger partial charge in [-0.3, -0.25) is 4.90 Å². The van der Waals surface area contributed by atoms with E-state index < -0.39 is 0 Å². The highest BCUT2D eigenvalue weighted by Crippen LogP contribution is 2.28. The molecule has 1 saturated heterocycles. The molecule has 1 atom stereocenters. The standard InChI is InChI=1S/C17H25N5/c1-4-14(2)22-15(3)21(13-19-22)17-7-5-16(6-8-17)20-11-9-18-10-12-20/h5-8,13-14,18H,3-4,9-12H2,1-2H3. The Hall–Kier alpha value is -2.01. The Morgan fingerprint density at radius 1 is 1.18 bits per heavy atom. The van der Waals surface area contributed by atoms with Crippen LogP contribution in [0.3, 0.4) is 0 Å². The Kier molecular flexibility index (Phi) is 4.34. The van der Waals surface area contributed by atoms with Gasteiger partial charge in [-0.1, -0.05) is 13.5 Å². The summed E-state index contributed by atoms with van der Waals surface area (Å²) >= 11 is 0. The number of hydrazone groups is 1. The lowest BCUT2D eigenvalue weighted by atomic mass is 10.2. The first kappa shape index (κ1) is 14.9. The van der Waals surface area contributed by atoms with Crippen LogP contribution in [0, 0.1) is 0 Å². The lowest BCUT2D eigenvalue weighted by Crippen LogP contribution is -2.43. The Bertz CT molecular complexity index is 545. The minimum Gasteiger partial charge on any atom is -0.369 e. The Labute approximate surface area is 132 Å². The maximum atomic E-state index is 4.47. The molecule has 2 aliphatic rings. The average Bonchev–Trinajstić information content (AvgIpc) is 2.97. The van der Waals surface area contributed by atoms with Crippen LogP contribution >= 0.6 is 0 Å². The van der Waals surface area contributed by atoms with Gasteiger partial charge in [0.15, 0.2) is 0 Å². The number of anilines is 2. The van der Waals surface area contributed by atoms with Crippen LogP contribution in [-0.4, -0.2) is 43.6 Å². The molecule has 2 aliphatic heterocycles. The van der Waals surface area contributed by atoms with Crippen LogP contribution in [0.5, 0.6) is 0 Å². The highest BCUT2D eigenvalue weighted by atomic mass is 15.6. The second-order valence-corrected chi connectivity index (χ2v) is 5.87. The number of nitrogens with zero attached hydrogens (tertiary/aromatic N) is 4. The fraction of sp³-hybridized carbons (Fsp3) is 0.471. The van der Waals surface area contributed by atoms with Crippen LogP contribution in [0.15, 0.2) is 41.8 Å². The molecule has 0 radical (unpaired) electrons. The van der Waals surface area contributed by atoms with Crippen molar-refractivity contribution in [1.82, 2.24) is 10.3 Å². The van der Waals surface area contributed by atoms with Crippen molar-refractivity contribution in [3.63, 3.8) is 0 Å². The molecular weight excluding hydrogens is 274 g/mol. The largest absolute Gasteiger partial charge is 0.369 e. The van der Waals surface area contributed by atoms with Crippen LogP contribution in [-0.2, 0) is 0 Å². The molecule has 1 N–H and O–H groups in total. The molecule has 5 heteroatoms. The van der Waals surface area contributed by atoms with E-state index >= 15 is 0 Å². The maximum absolute atomic E-state index is 4.47. The first-order valence-corrected chi connectivity index (χ1v) is 8.08. The van der Waals surface area contributed by atoms with Crippen molar-refractivity contribution in [2.45, 2.75) is 26.3 Å². The summed E-state index contributed by atoms with van der Waals surface area (Å²) in [6, 6.07) is 9.04. The van der Waals surface area contributed by atoms with Crippen molar-refractivity contribution >= 4 is 17.7 Å². The monoisotopic (exact) mass is 299 g/mol. The molecule has 0 saturated carbocycles. The normalized spacial score (nSPS) is 19.9. The Morgan fingerprint density at radius 2 is 1.82 bits per heavy atom. The van der Waals surface area contributed by atoms with Gasteiger partial charge < -0.3 is 10.2 Å². The van der Waals surface area contributed by atoms with E-state index in [1.165, 1.54) is 5.69 Å². The van der Waals surface area contributed by atoms with Crippen LogP contribution in [0.4, 0.5) is 11.4 Å². The summed E-state index contributed by atoms with van der Waals surface area (Å²) in [6.45, 7) is 12.8. The summed E-state index contributed by atoms with van der Waals surface area (Å²) in [7, 11) is 0. The number of rotatable bonds is 4. The second-order valence-electron chi connectivity index (χ2n) is 5.87. The van der Waals surface area contributed by atoms with Crippen LogP contribution < -0.4 is 15.1 Å². The molecule has 1 aromatic carbocycles. The van der Waals surface area contributed by atoms with Crippen LogP contribution in [0.1, 0.15) is 20.3 Å². The van der Waals surface area contributed by atoms with Crippen molar-refractivity contribution in [2.75, 3.05) is 36.0 Å². The van der Waals surface area contributed by atoms with Crippen molar-refractivity contribution in [2.24, 2.45) is 5.10 Å². The summed E-state index contributed by atoms with van der Waals surface area (Å²) in [6.07, 6.45) is 2.90. The van der Waals surface area contributed by atoms with E-state index in [0.717, 1.165) is 44.1 Å². The minimum atomic E-state index is 0.369. The second kappa shape index (κ2) is 6.40. The first-order chi connectivity index (χ1) is 10.7. The molecule has 1 aromatic rings. The van der Waals surface area contributed by atoms with Gasteiger partial charge in [-0.25, -0.2) is 5.01 Å². The predicted octanol–water partition coefficient (Wildman–Crippen LogP) is 2.43. The first-order valence-electron chi connectivity index (χ1n) is 8.08. The van der Waals surface area contributed by atoms with Crippen LogP contribution in [0.2, 0.25) is 0 Å². The highest BCUT2D eigenvalue weighted by molar-refractivity contribution is 5.85. The molecule has 3 rings (SSSR count). The van der Waals surface area contributed by atoms with Gasteiger partial charge >= 0.3 is 0 Å². The van der Waals surface area contributed by atoms with Gasteiger partial charge in [0.05, 0.1) is 6.04 Å². The highest BCUT2D eigenvalue weighted by Gasteiger charge is 2.24. The minimum absolute atomic E-state index is 0.369. The van der Waals surface area contributed by atoms with E-state index in [-0.39, 0.29) is 0 Å². The van der Waals surface area contributed by atoms with Gasteiger partial charge in [0.2, 0.25) is 0 Å². The van der Waals surface area contributed by atoms with Gasteiger partial charge in [0.25, 0.3) is 0 Å². The van der Waals surface area contributed by atoms with E-state index in [0.29, 0.717) is 6.04 Å². The van der Waals surface area contributed by atoms with Crippen molar-refractivity contribution < 1.29 is 0 Å². The number of nitrogens with one attached hydrogen (secondary N) is 1. The molecule has 22 heavy (non-hydrogen) atoms. The summed E-state index contributed by atoms with van der Waals surface area (Å²) in [5.74, 6) is 0.921. The lowest BCUT2D eigenvalue weighted by molar-refractivity contribution is 0.286. The zero-order valence-corrected chi connectivity index (χ0v) is 13.5. The van der Waals surface area contributed by atoms with E-state index in [4.69, 9.17) is 0 Å². The molecule has 0 aromatic heterocycles. The quantitative estimate of drug-likeness (QED) is 0.926. The van der Waals surface area contributed by atoms with E-state index in [1.807, 2.05) is 16.2 Å². The fourth-order valence-corrected chi connectivity index (χ4v) is 2.85. The predicted molar refractivity (Wildman–Crippen MR) is 93.2 cm³/mol. The number of benzene rings is 1. The fourth-order valence-electron chi connectivity index (χ4n) is 2.85. The third-order valence-electron chi connectivity index (χ3n) is 4.45. The zero-order chi connectivity index (χ0) is 15.5. The van der Waals surface area contributed by atoms with E-state index in [2.05, 4.69) is 60.0 Å². The molecular formula is C17H25N5. The Morgan fingerprint density at radius 3 is 2.45 bits per heavy atom. The molecule has 1 fully saturated rings. The molecule has 0 spiro atoms. The van der Waals surface area contributed by atoms with Crippen LogP contribution in [0.25, 0.3) is 0 Å². The van der Waals surface area contributed by atoms with Gasteiger partial charge in [0.1, 0.15) is 12.2 Å².